The molecule has 72 valence electrons. The molecule has 1 aliphatic rings. The molecular formula is C10H17N3. The van der Waals surface area contributed by atoms with E-state index in [2.05, 4.69) is 28.9 Å². The van der Waals surface area contributed by atoms with Gasteiger partial charge in [0.1, 0.15) is 5.82 Å². The van der Waals surface area contributed by atoms with Crippen LogP contribution in [-0.4, -0.2) is 16.3 Å². The van der Waals surface area contributed by atoms with Crippen LogP contribution in [0, 0.1) is 0 Å². The van der Waals surface area contributed by atoms with E-state index in [1.54, 1.807) is 0 Å². The summed E-state index contributed by atoms with van der Waals surface area (Å²) in [6, 6.07) is 0. The molecular weight excluding hydrogens is 162 g/mol. The van der Waals surface area contributed by atoms with Gasteiger partial charge in [-0.05, 0) is 26.2 Å². The predicted octanol–water partition coefficient (Wildman–Crippen LogP) is 1.82. The average Bonchev–Trinajstić information content (AvgIpc) is 2.56. The fraction of sp³-hybridized carbons (Fsp3) is 0.700. The third-order valence-corrected chi connectivity index (χ3v) is 2.66. The fourth-order valence-electron chi connectivity index (χ4n) is 1.99. The van der Waals surface area contributed by atoms with Crippen LogP contribution in [0.15, 0.2) is 0 Å². The van der Waals surface area contributed by atoms with Gasteiger partial charge in [-0.2, -0.15) is 5.10 Å². The molecule has 0 saturated heterocycles. The van der Waals surface area contributed by atoms with E-state index in [0.29, 0.717) is 0 Å². The number of rotatable bonds is 2. The van der Waals surface area contributed by atoms with Crippen molar-refractivity contribution in [1.82, 2.24) is 9.78 Å². The van der Waals surface area contributed by atoms with Crippen LogP contribution in [0.5, 0.6) is 0 Å². The van der Waals surface area contributed by atoms with E-state index in [-0.39, 0.29) is 0 Å². The Labute approximate surface area is 79.1 Å². The van der Waals surface area contributed by atoms with Crippen molar-refractivity contribution in [1.29, 1.82) is 0 Å². The van der Waals surface area contributed by atoms with Crippen molar-refractivity contribution in [3.8, 4) is 0 Å². The first-order valence-electron chi connectivity index (χ1n) is 5.19. The first-order valence-corrected chi connectivity index (χ1v) is 5.19. The van der Waals surface area contributed by atoms with Crippen LogP contribution in [-0.2, 0) is 19.4 Å². The zero-order valence-electron chi connectivity index (χ0n) is 8.43. The van der Waals surface area contributed by atoms with Gasteiger partial charge in [0, 0.05) is 18.7 Å². The molecule has 2 heterocycles. The van der Waals surface area contributed by atoms with E-state index < -0.39 is 0 Å². The molecule has 1 aromatic rings. The Bertz CT molecular complexity index is 273. The van der Waals surface area contributed by atoms with Crippen molar-refractivity contribution in [3.05, 3.63) is 11.3 Å². The van der Waals surface area contributed by atoms with Crippen molar-refractivity contribution < 1.29 is 0 Å². The summed E-state index contributed by atoms with van der Waals surface area (Å²) in [5.74, 6) is 1.27. The molecule has 0 fully saturated rings. The maximum Gasteiger partial charge on any atom is 0.127 e. The van der Waals surface area contributed by atoms with E-state index in [1.807, 2.05) is 0 Å². The highest BCUT2D eigenvalue weighted by molar-refractivity contribution is 5.49. The molecule has 2 rings (SSSR count). The lowest BCUT2D eigenvalue weighted by atomic mass is 10.1. The third-order valence-electron chi connectivity index (χ3n) is 2.66. The van der Waals surface area contributed by atoms with Crippen LogP contribution in [0.4, 0.5) is 5.82 Å². The number of anilines is 1. The monoisotopic (exact) mass is 179 g/mol. The molecule has 0 aromatic carbocycles. The minimum Gasteiger partial charge on any atom is -0.370 e. The molecule has 0 bridgehead atoms. The number of fused-ring (bicyclic) bond motifs is 1. The maximum atomic E-state index is 4.58. The number of nitrogens with zero attached hydrogens (tertiary/aromatic N) is 2. The molecule has 0 atom stereocenters. The van der Waals surface area contributed by atoms with Gasteiger partial charge in [0.05, 0.1) is 5.69 Å². The van der Waals surface area contributed by atoms with Gasteiger partial charge in [-0.25, -0.2) is 4.68 Å². The minimum atomic E-state index is 0.968. The zero-order valence-corrected chi connectivity index (χ0v) is 8.43. The van der Waals surface area contributed by atoms with Crippen LogP contribution in [0.25, 0.3) is 0 Å². The smallest absolute Gasteiger partial charge is 0.127 e. The molecule has 0 amide bonds. The topological polar surface area (TPSA) is 29.9 Å². The zero-order chi connectivity index (χ0) is 9.26. The highest BCUT2D eigenvalue weighted by atomic mass is 15.3. The average molecular weight is 179 g/mol. The highest BCUT2D eigenvalue weighted by Crippen LogP contribution is 2.25. The van der Waals surface area contributed by atoms with Crippen LogP contribution < -0.4 is 5.32 Å². The number of aromatic nitrogens is 2. The van der Waals surface area contributed by atoms with Crippen LogP contribution in [0.3, 0.4) is 0 Å². The third kappa shape index (κ3) is 1.32. The van der Waals surface area contributed by atoms with Crippen molar-refractivity contribution >= 4 is 5.82 Å². The van der Waals surface area contributed by atoms with E-state index in [0.717, 1.165) is 19.5 Å². The van der Waals surface area contributed by atoms with Gasteiger partial charge in [0.15, 0.2) is 0 Å². The molecule has 0 aliphatic carbocycles. The largest absolute Gasteiger partial charge is 0.370 e. The normalized spacial score (nSPS) is 15.2. The van der Waals surface area contributed by atoms with Crippen molar-refractivity contribution in [2.75, 3.05) is 11.9 Å². The molecule has 1 aliphatic heterocycles. The van der Waals surface area contributed by atoms with Crippen molar-refractivity contribution in [2.45, 2.75) is 39.7 Å². The van der Waals surface area contributed by atoms with Gasteiger partial charge in [-0.15, -0.1) is 0 Å². The lowest BCUT2D eigenvalue weighted by Crippen LogP contribution is -2.14. The molecule has 3 nitrogen and oxygen atoms in total. The number of hydrogen-bond acceptors (Lipinski definition) is 2. The predicted molar refractivity (Wildman–Crippen MR) is 54.1 cm³/mol. The van der Waals surface area contributed by atoms with E-state index in [9.17, 15) is 0 Å². The van der Waals surface area contributed by atoms with Crippen molar-refractivity contribution in [3.63, 3.8) is 0 Å². The molecule has 1 N–H and O–H groups in total. The summed E-state index contributed by atoms with van der Waals surface area (Å²) >= 11 is 0. The summed E-state index contributed by atoms with van der Waals surface area (Å²) in [6.07, 6.45) is 3.50. The first-order chi connectivity index (χ1) is 6.36. The lowest BCUT2D eigenvalue weighted by Gasteiger charge is -2.15. The molecule has 0 saturated carbocycles. The van der Waals surface area contributed by atoms with Gasteiger partial charge in [0.2, 0.25) is 0 Å². The Kier molecular flexibility index (Phi) is 2.25. The molecule has 0 unspecified atom stereocenters. The number of nitrogens with one attached hydrogen (secondary N) is 1. The van der Waals surface area contributed by atoms with Crippen molar-refractivity contribution in [2.24, 2.45) is 0 Å². The summed E-state index contributed by atoms with van der Waals surface area (Å²) in [5.41, 5.74) is 2.74. The fourth-order valence-corrected chi connectivity index (χ4v) is 1.99. The Hall–Kier alpha value is -0.990. The van der Waals surface area contributed by atoms with Crippen LogP contribution >= 0.6 is 0 Å². The Morgan fingerprint density at radius 1 is 1.46 bits per heavy atom. The van der Waals surface area contributed by atoms with Gasteiger partial charge in [-0.1, -0.05) is 6.92 Å². The van der Waals surface area contributed by atoms with Gasteiger partial charge in [-0.3, -0.25) is 0 Å². The second-order valence-electron chi connectivity index (χ2n) is 3.47. The van der Waals surface area contributed by atoms with E-state index >= 15 is 0 Å². The van der Waals surface area contributed by atoms with E-state index in [4.69, 9.17) is 0 Å². The molecule has 3 heteroatoms. The summed E-state index contributed by atoms with van der Waals surface area (Å²) in [4.78, 5) is 0. The molecule has 1 aromatic heterocycles. The first kappa shape index (κ1) is 8.60. The Morgan fingerprint density at radius 3 is 3.00 bits per heavy atom. The molecule has 0 spiro atoms. The second-order valence-corrected chi connectivity index (χ2v) is 3.47. The molecule has 13 heavy (non-hydrogen) atoms. The maximum absolute atomic E-state index is 4.58. The van der Waals surface area contributed by atoms with Gasteiger partial charge >= 0.3 is 0 Å². The Morgan fingerprint density at radius 2 is 2.31 bits per heavy atom. The second kappa shape index (κ2) is 3.40. The van der Waals surface area contributed by atoms with Crippen LogP contribution in [0.2, 0.25) is 0 Å². The highest BCUT2D eigenvalue weighted by Gasteiger charge is 2.18. The summed E-state index contributed by atoms with van der Waals surface area (Å²) < 4.78 is 2.09. The summed E-state index contributed by atoms with van der Waals surface area (Å²) in [7, 11) is 0. The number of hydrogen-bond donors (Lipinski definition) is 1. The van der Waals surface area contributed by atoms with Gasteiger partial charge in [0.25, 0.3) is 0 Å². The quantitative estimate of drug-likeness (QED) is 0.750. The van der Waals surface area contributed by atoms with Crippen LogP contribution in [0.1, 0.15) is 31.5 Å². The minimum absolute atomic E-state index is 0.968. The SMILES string of the molecule is CCc1nn(CC)c2c1CCCN2. The molecule has 0 radical (unpaired) electrons. The Balaban J connectivity index is 2.44. The standard InChI is InChI=1S/C10H17N3/c1-3-9-8-6-5-7-11-10(8)13(4-2)12-9/h11H,3-7H2,1-2H3. The summed E-state index contributed by atoms with van der Waals surface area (Å²) in [5, 5.41) is 8.02. The van der Waals surface area contributed by atoms with Gasteiger partial charge < -0.3 is 5.32 Å². The van der Waals surface area contributed by atoms with E-state index in [1.165, 1.54) is 29.9 Å². The summed E-state index contributed by atoms with van der Waals surface area (Å²) in [6.45, 7) is 6.39. The number of aryl methyl sites for hydroxylation is 2. The lowest BCUT2D eigenvalue weighted by molar-refractivity contribution is 0.649.